The summed E-state index contributed by atoms with van der Waals surface area (Å²) in [6.45, 7) is 0. The van der Waals surface area contributed by atoms with Crippen molar-refractivity contribution in [3.63, 3.8) is 0 Å². The third-order valence-corrected chi connectivity index (χ3v) is 13.8. The Hall–Kier alpha value is -0.821. The standard InChI is InChI=1S/3C6H5.Li.Pb/c3*1-2-4-6-5-3-1;;/h3*1-5H;;. The first kappa shape index (κ1) is 15.6. The maximum absolute atomic E-state index is 2.29. The summed E-state index contributed by atoms with van der Waals surface area (Å²) in [4.78, 5) is 0. The van der Waals surface area contributed by atoms with Gasteiger partial charge in [0.05, 0.1) is 0 Å². The van der Waals surface area contributed by atoms with Gasteiger partial charge in [0.15, 0.2) is 0 Å². The zero-order chi connectivity index (χ0) is 12.9. The number of benzene rings is 3. The van der Waals surface area contributed by atoms with Crippen LogP contribution in [-0.2, 0) is 0 Å². The van der Waals surface area contributed by atoms with E-state index in [1.807, 2.05) is 0 Å². The van der Waals surface area contributed by atoms with E-state index in [1.165, 1.54) is 0 Å². The molecule has 0 heterocycles. The van der Waals surface area contributed by atoms with Gasteiger partial charge in [0.25, 0.3) is 0 Å². The second-order valence-electron chi connectivity index (χ2n) is 4.47. The average molecular weight is 445 g/mol. The van der Waals surface area contributed by atoms with Crippen LogP contribution in [0, 0.1) is 0 Å². The molecule has 0 N–H and O–H groups in total. The van der Waals surface area contributed by atoms with E-state index in [2.05, 4.69) is 91.0 Å². The minimum absolute atomic E-state index is 0. The van der Waals surface area contributed by atoms with Crippen LogP contribution in [0.2, 0.25) is 0 Å². The van der Waals surface area contributed by atoms with Gasteiger partial charge in [-0.25, -0.2) is 0 Å². The molecule has 0 aromatic heterocycles. The topological polar surface area (TPSA) is 0 Å². The molecule has 0 aliphatic heterocycles. The van der Waals surface area contributed by atoms with Crippen molar-refractivity contribution >= 4 is 50.9 Å². The molecule has 0 spiro atoms. The van der Waals surface area contributed by atoms with Gasteiger partial charge in [0.1, 0.15) is 0 Å². The first-order chi connectivity index (χ1) is 9.45. The Morgan fingerprint density at radius 1 is 0.400 bits per heavy atom. The zero-order valence-corrected chi connectivity index (χ0v) is 15.5. The van der Waals surface area contributed by atoms with Gasteiger partial charge in [-0.15, -0.1) is 0 Å². The van der Waals surface area contributed by atoms with Crippen LogP contribution in [0.15, 0.2) is 91.0 Å². The molecule has 3 aromatic carbocycles. The first-order valence-corrected chi connectivity index (χ1v) is 12.3. The van der Waals surface area contributed by atoms with Crippen molar-refractivity contribution in [2.45, 2.75) is 0 Å². The van der Waals surface area contributed by atoms with Crippen LogP contribution >= 0.6 is 0 Å². The summed E-state index contributed by atoms with van der Waals surface area (Å²) in [5.74, 6) is 0. The van der Waals surface area contributed by atoms with Crippen LogP contribution in [-0.4, -0.2) is 41.6 Å². The summed E-state index contributed by atoms with van der Waals surface area (Å²) in [5.41, 5.74) is 0. The molecule has 20 heavy (non-hydrogen) atoms. The second kappa shape index (κ2) is 7.83. The predicted molar refractivity (Wildman–Crippen MR) is 89.7 cm³/mol. The van der Waals surface area contributed by atoms with Crippen molar-refractivity contribution in [1.82, 2.24) is 0 Å². The molecule has 2 radical (unpaired) electrons. The van der Waals surface area contributed by atoms with E-state index in [9.17, 15) is 0 Å². The molecule has 0 saturated heterocycles. The SMILES string of the molecule is [Li].c1cc[c]([Pb]([c]2ccccc2)[c]2ccccc2)cc1. The summed E-state index contributed by atoms with van der Waals surface area (Å²) >= 11 is -2.17. The van der Waals surface area contributed by atoms with Crippen molar-refractivity contribution in [2.24, 2.45) is 0 Å². The molecule has 0 atom stereocenters. The third kappa shape index (κ3) is 3.63. The molecule has 2 heteroatoms. The fraction of sp³-hybridized carbons (Fsp3) is 0. The summed E-state index contributed by atoms with van der Waals surface area (Å²) in [7, 11) is 0. The van der Waals surface area contributed by atoms with E-state index < -0.39 is 22.7 Å². The van der Waals surface area contributed by atoms with Crippen LogP contribution in [0.3, 0.4) is 0 Å². The Labute approximate surface area is 141 Å². The monoisotopic (exact) mass is 446 g/mol. The Kier molecular flexibility index (Phi) is 6.09. The van der Waals surface area contributed by atoms with Crippen molar-refractivity contribution < 1.29 is 0 Å². The van der Waals surface area contributed by atoms with E-state index in [0.717, 1.165) is 0 Å². The normalized spacial score (nSPS) is 10.1. The van der Waals surface area contributed by atoms with Crippen molar-refractivity contribution in [2.75, 3.05) is 0 Å². The van der Waals surface area contributed by atoms with Gasteiger partial charge in [-0.05, 0) is 0 Å². The van der Waals surface area contributed by atoms with E-state index in [0.29, 0.717) is 0 Å². The van der Waals surface area contributed by atoms with Crippen LogP contribution < -0.4 is 9.37 Å². The first-order valence-electron chi connectivity index (χ1n) is 6.48. The summed E-state index contributed by atoms with van der Waals surface area (Å²) in [6.07, 6.45) is 0. The van der Waals surface area contributed by atoms with Crippen LogP contribution in [0.4, 0.5) is 0 Å². The van der Waals surface area contributed by atoms with E-state index in [-0.39, 0.29) is 18.9 Å². The van der Waals surface area contributed by atoms with Crippen molar-refractivity contribution in [3.05, 3.63) is 91.0 Å². The Bertz CT molecular complexity index is 529. The number of hydrogen-bond donors (Lipinski definition) is 0. The van der Waals surface area contributed by atoms with Crippen LogP contribution in [0.1, 0.15) is 0 Å². The molecule has 0 bridgehead atoms. The molecule has 0 nitrogen and oxygen atoms in total. The van der Waals surface area contributed by atoms with Gasteiger partial charge < -0.3 is 0 Å². The Balaban J connectivity index is 0.00000147. The van der Waals surface area contributed by atoms with Gasteiger partial charge in [-0.2, -0.15) is 0 Å². The average Bonchev–Trinajstić information content (AvgIpc) is 2.51. The van der Waals surface area contributed by atoms with Gasteiger partial charge in [-0.3, -0.25) is 0 Å². The molecule has 92 valence electrons. The quantitative estimate of drug-likeness (QED) is 0.540. The zero-order valence-electron chi connectivity index (χ0n) is 11.7. The molecule has 0 fully saturated rings. The van der Waals surface area contributed by atoms with Gasteiger partial charge in [0.2, 0.25) is 0 Å². The molecule has 0 saturated carbocycles. The summed E-state index contributed by atoms with van der Waals surface area (Å²) < 4.78 is 4.64. The van der Waals surface area contributed by atoms with Crippen LogP contribution in [0.5, 0.6) is 0 Å². The molecule has 3 aromatic rings. The maximum atomic E-state index is 2.29. The second-order valence-corrected chi connectivity index (χ2v) is 14.1. The molecule has 0 aliphatic rings. The van der Waals surface area contributed by atoms with E-state index in [1.54, 1.807) is 9.37 Å². The molecule has 3 rings (SSSR count). The Morgan fingerprint density at radius 3 is 0.900 bits per heavy atom. The molecule has 0 aliphatic carbocycles. The van der Waals surface area contributed by atoms with Crippen molar-refractivity contribution in [3.8, 4) is 0 Å². The van der Waals surface area contributed by atoms with E-state index >= 15 is 0 Å². The fourth-order valence-corrected chi connectivity index (χ4v) is 12.3. The van der Waals surface area contributed by atoms with E-state index in [4.69, 9.17) is 0 Å². The van der Waals surface area contributed by atoms with Gasteiger partial charge >= 0.3 is 123 Å². The van der Waals surface area contributed by atoms with Crippen molar-refractivity contribution in [1.29, 1.82) is 0 Å². The third-order valence-electron chi connectivity index (χ3n) is 3.19. The van der Waals surface area contributed by atoms with Crippen LogP contribution in [0.25, 0.3) is 0 Å². The summed E-state index contributed by atoms with van der Waals surface area (Å²) in [5, 5.41) is 0. The predicted octanol–water partition coefficient (Wildman–Crippen LogP) is 1.82. The fourth-order valence-electron chi connectivity index (χ4n) is 2.31. The summed E-state index contributed by atoms with van der Waals surface area (Å²) in [6, 6.07) is 33.0. The molecule has 0 unspecified atom stereocenters. The van der Waals surface area contributed by atoms with Gasteiger partial charge in [0, 0.05) is 18.9 Å². The molecular weight excluding hydrogens is 430 g/mol. The molecular formula is C18H15LiPb. The number of rotatable bonds is 3. The Morgan fingerprint density at radius 2 is 0.650 bits per heavy atom. The van der Waals surface area contributed by atoms with Gasteiger partial charge in [-0.1, -0.05) is 0 Å². The minimum atomic E-state index is -2.17. The molecule has 0 amide bonds. The number of hydrogen-bond acceptors (Lipinski definition) is 0.